The van der Waals surface area contributed by atoms with Gasteiger partial charge in [0.25, 0.3) is 0 Å². The van der Waals surface area contributed by atoms with Crippen molar-refractivity contribution >= 4 is 17.4 Å². The Balaban J connectivity index is 1.36. The molecule has 3 unspecified atom stereocenters. The van der Waals surface area contributed by atoms with Gasteiger partial charge in [0, 0.05) is 44.8 Å². The minimum Gasteiger partial charge on any atom is -0.495 e. The molecule has 32 heavy (non-hydrogen) atoms. The fraction of sp³-hybridized carbons (Fsp3) is 0.478. The Morgan fingerprint density at radius 2 is 1.91 bits per heavy atom. The summed E-state index contributed by atoms with van der Waals surface area (Å²) in [4.78, 5) is 22.4. The lowest BCUT2D eigenvalue weighted by atomic mass is 9.94. The van der Waals surface area contributed by atoms with E-state index in [0.29, 0.717) is 12.2 Å². The van der Waals surface area contributed by atoms with Gasteiger partial charge >= 0.3 is 0 Å². The zero-order valence-corrected chi connectivity index (χ0v) is 18.8. The van der Waals surface area contributed by atoms with Gasteiger partial charge in [-0.2, -0.15) is 0 Å². The van der Waals surface area contributed by atoms with Crippen molar-refractivity contribution < 1.29 is 9.53 Å². The summed E-state index contributed by atoms with van der Waals surface area (Å²) >= 11 is 0. The number of amides is 1. The molecule has 3 N–H and O–H groups in total. The molecule has 4 heterocycles. The van der Waals surface area contributed by atoms with Gasteiger partial charge in [0.1, 0.15) is 17.3 Å². The number of hydrogen-bond acceptors (Lipinski definition) is 8. The molecular formula is C23H31N7O2. The van der Waals surface area contributed by atoms with Crippen LogP contribution in [0.2, 0.25) is 0 Å². The number of aryl methyl sites for hydroxylation is 1. The highest BCUT2D eigenvalue weighted by Gasteiger charge is 2.44. The number of rotatable bonds is 4. The first-order chi connectivity index (χ1) is 15.5. The van der Waals surface area contributed by atoms with Gasteiger partial charge in [-0.15, -0.1) is 0 Å². The second-order valence-electron chi connectivity index (χ2n) is 8.83. The van der Waals surface area contributed by atoms with Crippen molar-refractivity contribution in [3.63, 3.8) is 0 Å². The molecule has 170 valence electrons. The number of fused-ring (bicyclic) bond motifs is 1. The van der Waals surface area contributed by atoms with Crippen molar-refractivity contribution in [1.82, 2.24) is 26.2 Å². The third kappa shape index (κ3) is 3.81. The average Bonchev–Trinajstić information content (AvgIpc) is 3.21. The minimum atomic E-state index is -0.0142. The van der Waals surface area contributed by atoms with Gasteiger partial charge in [-0.1, -0.05) is 18.2 Å². The lowest BCUT2D eigenvalue weighted by molar-refractivity contribution is -0.121. The molecule has 9 heteroatoms. The fourth-order valence-corrected chi connectivity index (χ4v) is 4.82. The average molecular weight is 438 g/mol. The first-order valence-corrected chi connectivity index (χ1v) is 11.2. The summed E-state index contributed by atoms with van der Waals surface area (Å²) in [5.74, 6) is 1.71. The van der Waals surface area contributed by atoms with Crippen LogP contribution in [0.4, 0.5) is 11.5 Å². The van der Waals surface area contributed by atoms with Crippen molar-refractivity contribution in [2.45, 2.75) is 31.5 Å². The topological polar surface area (TPSA) is 85.0 Å². The molecule has 3 saturated heterocycles. The molecule has 1 amide bonds. The lowest BCUT2D eigenvalue weighted by Crippen LogP contribution is -2.60. The smallest absolute Gasteiger partial charge is 0.243 e. The molecule has 3 aliphatic rings. The van der Waals surface area contributed by atoms with Gasteiger partial charge in [-0.25, -0.2) is 20.8 Å². The Morgan fingerprint density at radius 1 is 1.09 bits per heavy atom. The number of carbonyl (C=O) groups is 1. The minimum absolute atomic E-state index is 0.00364. The highest BCUT2D eigenvalue weighted by molar-refractivity contribution is 5.96. The number of anilines is 2. The number of aromatic nitrogens is 1. The number of hydrazine groups is 2. The molecular weight excluding hydrogens is 406 g/mol. The van der Waals surface area contributed by atoms with Gasteiger partial charge in [-0.3, -0.25) is 10.2 Å². The number of likely N-dealkylation sites (N-methyl/N-ethyl adjacent to an activating group) is 1. The normalized spacial score (nSPS) is 26.3. The van der Waals surface area contributed by atoms with Crippen LogP contribution in [0.1, 0.15) is 23.6 Å². The van der Waals surface area contributed by atoms with Crippen LogP contribution in [0.15, 0.2) is 36.5 Å². The molecule has 3 fully saturated rings. The summed E-state index contributed by atoms with van der Waals surface area (Å²) in [5, 5.41) is 1.66. The molecule has 0 saturated carbocycles. The van der Waals surface area contributed by atoms with E-state index in [1.54, 1.807) is 12.1 Å². The summed E-state index contributed by atoms with van der Waals surface area (Å²) in [6.45, 7) is 6.08. The molecule has 3 aliphatic heterocycles. The molecule has 5 rings (SSSR count). The maximum Gasteiger partial charge on any atom is 0.243 e. The van der Waals surface area contributed by atoms with Gasteiger partial charge in [0.2, 0.25) is 5.91 Å². The van der Waals surface area contributed by atoms with Crippen molar-refractivity contribution in [2.75, 3.05) is 50.2 Å². The van der Waals surface area contributed by atoms with Crippen molar-refractivity contribution in [3.05, 3.63) is 47.7 Å². The van der Waals surface area contributed by atoms with Crippen LogP contribution >= 0.6 is 0 Å². The molecule has 0 bridgehead atoms. The van der Waals surface area contributed by atoms with E-state index in [-0.39, 0.29) is 24.0 Å². The molecule has 1 aromatic carbocycles. The van der Waals surface area contributed by atoms with E-state index in [1.165, 1.54) is 0 Å². The molecule has 0 radical (unpaired) electrons. The number of nitrogens with zero attached hydrogens (tertiary/aromatic N) is 4. The predicted octanol–water partition coefficient (Wildman–Crippen LogP) is 0.978. The van der Waals surface area contributed by atoms with Crippen molar-refractivity contribution in [1.29, 1.82) is 0 Å². The van der Waals surface area contributed by atoms with Gasteiger partial charge in [0.05, 0.1) is 19.2 Å². The van der Waals surface area contributed by atoms with E-state index in [2.05, 4.69) is 45.3 Å². The SMILES string of the molecule is COc1cccc(C)c1N1NC2C(CC1=O)NNC2c1ccc(N2CCN(C)CC2)nc1. The van der Waals surface area contributed by atoms with Gasteiger partial charge in [-0.05, 0) is 37.2 Å². The molecule has 1 aromatic heterocycles. The molecule has 0 spiro atoms. The Labute approximate surface area is 188 Å². The molecule has 2 aromatic rings. The zero-order chi connectivity index (χ0) is 22.2. The van der Waals surface area contributed by atoms with Crippen molar-refractivity contribution in [3.8, 4) is 5.75 Å². The molecule has 9 nitrogen and oxygen atoms in total. The van der Waals surface area contributed by atoms with Crippen molar-refractivity contribution in [2.24, 2.45) is 0 Å². The summed E-state index contributed by atoms with van der Waals surface area (Å²) < 4.78 is 5.55. The van der Waals surface area contributed by atoms with Crippen LogP contribution < -0.4 is 30.9 Å². The van der Waals surface area contributed by atoms with E-state index in [4.69, 9.17) is 9.72 Å². The van der Waals surface area contributed by atoms with E-state index >= 15 is 0 Å². The fourth-order valence-electron chi connectivity index (χ4n) is 4.82. The van der Waals surface area contributed by atoms with Crippen LogP contribution in [-0.2, 0) is 4.79 Å². The first kappa shape index (κ1) is 21.1. The largest absolute Gasteiger partial charge is 0.495 e. The third-order valence-corrected chi connectivity index (χ3v) is 6.74. The van der Waals surface area contributed by atoms with E-state index in [1.807, 2.05) is 31.3 Å². The summed E-state index contributed by atoms with van der Waals surface area (Å²) in [6.07, 6.45) is 2.34. The maximum atomic E-state index is 13.0. The summed E-state index contributed by atoms with van der Waals surface area (Å²) in [6, 6.07) is 10.0. The lowest BCUT2D eigenvalue weighted by Gasteiger charge is -2.38. The van der Waals surface area contributed by atoms with E-state index < -0.39 is 0 Å². The number of methoxy groups -OCH3 is 1. The number of pyridine rings is 1. The quantitative estimate of drug-likeness (QED) is 0.653. The number of ether oxygens (including phenoxy) is 1. The van der Waals surface area contributed by atoms with E-state index in [9.17, 15) is 4.79 Å². The zero-order valence-electron chi connectivity index (χ0n) is 18.8. The molecule has 0 aliphatic carbocycles. The number of benzene rings is 1. The van der Waals surface area contributed by atoms with Crippen LogP contribution in [0.5, 0.6) is 5.75 Å². The number of para-hydroxylation sites is 1. The second-order valence-corrected chi connectivity index (χ2v) is 8.83. The molecule has 3 atom stereocenters. The standard InChI is InChI=1S/C23H31N7O2/c1-15-5-4-6-18(32-3)23(15)30-20(31)13-17-22(27-30)21(26-25-17)16-7-8-19(24-14-16)29-11-9-28(2)10-12-29/h4-8,14,17,21-22,25-27H,9-13H2,1-3H3. The van der Waals surface area contributed by atoms with Crippen LogP contribution in [-0.4, -0.2) is 68.2 Å². The Kier molecular flexibility index (Phi) is 5.73. The van der Waals surface area contributed by atoms with Gasteiger partial charge in [0.15, 0.2) is 0 Å². The van der Waals surface area contributed by atoms with Gasteiger partial charge < -0.3 is 14.5 Å². The highest BCUT2D eigenvalue weighted by Crippen LogP contribution is 2.35. The summed E-state index contributed by atoms with van der Waals surface area (Å²) in [7, 11) is 3.78. The predicted molar refractivity (Wildman–Crippen MR) is 124 cm³/mol. The second kappa shape index (κ2) is 8.67. The number of nitrogens with one attached hydrogen (secondary N) is 3. The number of hydrogen-bond donors (Lipinski definition) is 3. The summed E-state index contributed by atoms with van der Waals surface area (Å²) in [5.41, 5.74) is 13.0. The third-order valence-electron chi connectivity index (χ3n) is 6.74. The van der Waals surface area contributed by atoms with Crippen LogP contribution in [0.25, 0.3) is 0 Å². The Hall–Kier alpha value is -2.72. The van der Waals surface area contributed by atoms with E-state index in [0.717, 1.165) is 48.8 Å². The number of piperazine rings is 1. The first-order valence-electron chi connectivity index (χ1n) is 11.2. The maximum absolute atomic E-state index is 13.0. The van der Waals surface area contributed by atoms with Crippen LogP contribution in [0.3, 0.4) is 0 Å². The van der Waals surface area contributed by atoms with Crippen LogP contribution in [0, 0.1) is 6.92 Å². The Morgan fingerprint density at radius 3 is 2.62 bits per heavy atom. The Bertz CT molecular complexity index is 975. The number of carbonyl (C=O) groups excluding carboxylic acids is 1. The highest BCUT2D eigenvalue weighted by atomic mass is 16.5. The monoisotopic (exact) mass is 437 g/mol.